The zero-order valence-corrected chi connectivity index (χ0v) is 12.6. The van der Waals surface area contributed by atoms with Crippen molar-refractivity contribution < 1.29 is 9.52 Å². The molecule has 4 heteroatoms. The molecule has 0 bridgehead atoms. The third-order valence-corrected chi connectivity index (χ3v) is 4.06. The molecular formula is C16H11IO3. The lowest BCUT2D eigenvalue weighted by Crippen LogP contribution is -2.04. The summed E-state index contributed by atoms with van der Waals surface area (Å²) in [6, 6.07) is 12.4. The van der Waals surface area contributed by atoms with Crippen LogP contribution in [0.1, 0.15) is 5.56 Å². The van der Waals surface area contributed by atoms with Crippen molar-refractivity contribution in [2.75, 3.05) is 0 Å². The van der Waals surface area contributed by atoms with Gasteiger partial charge in [-0.2, -0.15) is 0 Å². The molecule has 3 aromatic rings. The Morgan fingerprint density at radius 3 is 2.55 bits per heavy atom. The zero-order valence-electron chi connectivity index (χ0n) is 10.5. The fraction of sp³-hybridized carbons (Fsp3) is 0.0625. The summed E-state index contributed by atoms with van der Waals surface area (Å²) in [6.45, 7) is 0. The maximum Gasteiger partial charge on any atom is 0.200 e. The average molecular weight is 378 g/mol. The summed E-state index contributed by atoms with van der Waals surface area (Å²) >= 11 is 2.30. The molecule has 0 saturated heterocycles. The number of hydrogen-bond acceptors (Lipinski definition) is 3. The highest BCUT2D eigenvalue weighted by Crippen LogP contribution is 2.23. The van der Waals surface area contributed by atoms with E-state index in [2.05, 4.69) is 22.6 Å². The van der Waals surface area contributed by atoms with Crippen LogP contribution in [0.5, 0.6) is 5.75 Å². The van der Waals surface area contributed by atoms with Crippen molar-refractivity contribution in [3.63, 3.8) is 0 Å². The van der Waals surface area contributed by atoms with Crippen molar-refractivity contribution in [3.8, 4) is 16.9 Å². The van der Waals surface area contributed by atoms with E-state index in [0.717, 1.165) is 9.99 Å². The number of rotatable bonds is 2. The van der Waals surface area contributed by atoms with Crippen LogP contribution in [0.4, 0.5) is 0 Å². The minimum absolute atomic E-state index is 0.0831. The fourth-order valence-electron chi connectivity index (χ4n) is 2.09. The number of hydrogen-bond donors (Lipinski definition) is 1. The highest BCUT2D eigenvalue weighted by Gasteiger charge is 2.09. The molecule has 3 nitrogen and oxygen atoms in total. The maximum absolute atomic E-state index is 12.5. The second kappa shape index (κ2) is 5.28. The molecule has 20 heavy (non-hydrogen) atoms. The van der Waals surface area contributed by atoms with Crippen molar-refractivity contribution in [3.05, 3.63) is 64.5 Å². The van der Waals surface area contributed by atoms with Gasteiger partial charge in [0.2, 0.25) is 0 Å². The predicted molar refractivity (Wildman–Crippen MR) is 87.3 cm³/mol. The summed E-state index contributed by atoms with van der Waals surface area (Å²) in [5, 5.41) is 9.87. The summed E-state index contributed by atoms with van der Waals surface area (Å²) in [7, 11) is 0. The van der Waals surface area contributed by atoms with Crippen molar-refractivity contribution in [2.45, 2.75) is 4.43 Å². The Balaban J connectivity index is 2.18. The molecule has 0 unspecified atom stereocenters. The molecule has 0 aliphatic carbocycles. The predicted octanol–water partition coefficient (Wildman–Crippen LogP) is 4.10. The molecule has 0 radical (unpaired) electrons. The lowest BCUT2D eigenvalue weighted by molar-refractivity contribution is 0.474. The minimum atomic E-state index is -0.0894. The molecule has 0 aliphatic heterocycles. The Morgan fingerprint density at radius 1 is 1.10 bits per heavy atom. The molecule has 0 amide bonds. The first kappa shape index (κ1) is 13.2. The highest BCUT2D eigenvalue weighted by atomic mass is 127. The Kier molecular flexibility index (Phi) is 3.48. The van der Waals surface area contributed by atoms with Crippen LogP contribution in [0.25, 0.3) is 22.1 Å². The number of alkyl halides is 1. The lowest BCUT2D eigenvalue weighted by atomic mass is 10.0. The summed E-state index contributed by atoms with van der Waals surface area (Å²) < 4.78 is 6.39. The van der Waals surface area contributed by atoms with E-state index >= 15 is 0 Å². The first-order valence-corrected chi connectivity index (χ1v) is 7.61. The first-order valence-electron chi connectivity index (χ1n) is 6.09. The number of phenolic OH excluding ortho intramolecular Hbond substituents is 1. The number of phenols is 1. The van der Waals surface area contributed by atoms with Crippen molar-refractivity contribution in [2.24, 2.45) is 0 Å². The Labute approximate surface area is 129 Å². The molecule has 0 atom stereocenters. The van der Waals surface area contributed by atoms with E-state index in [9.17, 15) is 9.90 Å². The van der Waals surface area contributed by atoms with E-state index in [1.54, 1.807) is 6.07 Å². The van der Waals surface area contributed by atoms with Gasteiger partial charge in [-0.25, -0.2) is 0 Å². The van der Waals surface area contributed by atoms with E-state index in [1.165, 1.54) is 24.0 Å². The van der Waals surface area contributed by atoms with E-state index in [4.69, 9.17) is 4.42 Å². The molecule has 0 spiro atoms. The van der Waals surface area contributed by atoms with Gasteiger partial charge in [-0.1, -0.05) is 46.9 Å². The first-order chi connectivity index (χ1) is 9.69. The van der Waals surface area contributed by atoms with Crippen molar-refractivity contribution in [1.82, 2.24) is 0 Å². The van der Waals surface area contributed by atoms with Crippen LogP contribution in [0.15, 0.2) is 57.9 Å². The second-order valence-corrected chi connectivity index (χ2v) is 5.25. The van der Waals surface area contributed by atoms with Crippen molar-refractivity contribution in [1.29, 1.82) is 0 Å². The lowest BCUT2D eigenvalue weighted by Gasteiger charge is -2.04. The number of aromatic hydroxyl groups is 1. The number of halogens is 1. The van der Waals surface area contributed by atoms with Gasteiger partial charge in [-0.15, -0.1) is 0 Å². The molecule has 0 aliphatic rings. The van der Waals surface area contributed by atoms with E-state index in [-0.39, 0.29) is 11.2 Å². The van der Waals surface area contributed by atoms with Crippen LogP contribution in [0.2, 0.25) is 0 Å². The Morgan fingerprint density at radius 2 is 1.85 bits per heavy atom. The van der Waals surface area contributed by atoms with Crippen molar-refractivity contribution >= 4 is 33.6 Å². The minimum Gasteiger partial charge on any atom is -0.508 e. The average Bonchev–Trinajstić information content (AvgIpc) is 2.48. The molecule has 3 rings (SSSR count). The molecule has 100 valence electrons. The van der Waals surface area contributed by atoms with Gasteiger partial charge in [0.1, 0.15) is 17.6 Å². The molecule has 1 N–H and O–H groups in total. The third-order valence-electron chi connectivity index (χ3n) is 3.18. The van der Waals surface area contributed by atoms with Gasteiger partial charge < -0.3 is 9.52 Å². The maximum atomic E-state index is 12.5. The van der Waals surface area contributed by atoms with E-state index in [0.29, 0.717) is 16.5 Å². The molecule has 0 fully saturated rings. The number of benzene rings is 2. The molecular weight excluding hydrogens is 367 g/mol. The van der Waals surface area contributed by atoms with E-state index < -0.39 is 0 Å². The molecule has 2 aromatic carbocycles. The molecule has 1 aromatic heterocycles. The standard InChI is InChI=1S/C16H11IO3/c17-8-10-1-3-11(4-2-10)14-9-20-15-7-12(18)5-6-13(15)16(14)19/h1-7,9,18H,8H2. The second-order valence-electron chi connectivity index (χ2n) is 4.49. The summed E-state index contributed by atoms with van der Waals surface area (Å²) in [5.41, 5.74) is 2.88. The fourth-order valence-corrected chi connectivity index (χ4v) is 2.60. The quantitative estimate of drug-likeness (QED) is 0.540. The largest absolute Gasteiger partial charge is 0.508 e. The Bertz CT molecular complexity index is 819. The summed E-state index contributed by atoms with van der Waals surface area (Å²) in [6.07, 6.45) is 1.45. The smallest absolute Gasteiger partial charge is 0.200 e. The Hall–Kier alpha value is -1.82. The normalized spacial score (nSPS) is 10.8. The van der Waals surface area contributed by atoms with Crippen LogP contribution in [-0.2, 0) is 4.43 Å². The highest BCUT2D eigenvalue weighted by molar-refractivity contribution is 14.1. The van der Waals surface area contributed by atoms with Gasteiger partial charge in [-0.05, 0) is 23.3 Å². The monoisotopic (exact) mass is 378 g/mol. The molecule has 1 heterocycles. The SMILES string of the molecule is O=c1c(-c2ccc(CI)cc2)coc2cc(O)ccc12. The van der Waals surface area contributed by atoms with Crippen LogP contribution in [-0.4, -0.2) is 5.11 Å². The third kappa shape index (κ3) is 2.31. The summed E-state index contributed by atoms with van der Waals surface area (Å²) in [4.78, 5) is 12.5. The van der Waals surface area contributed by atoms with E-state index in [1.807, 2.05) is 24.3 Å². The van der Waals surface area contributed by atoms with Crippen LogP contribution < -0.4 is 5.43 Å². The summed E-state index contributed by atoms with van der Waals surface area (Å²) in [5.74, 6) is 0.0831. The molecule has 0 saturated carbocycles. The van der Waals surface area contributed by atoms with Crippen LogP contribution in [0, 0.1) is 0 Å². The van der Waals surface area contributed by atoms with Gasteiger partial charge in [0.15, 0.2) is 5.43 Å². The van der Waals surface area contributed by atoms with Crippen LogP contribution in [0.3, 0.4) is 0 Å². The van der Waals surface area contributed by atoms with Crippen LogP contribution >= 0.6 is 22.6 Å². The van der Waals surface area contributed by atoms with Gasteiger partial charge in [0, 0.05) is 10.5 Å². The van der Waals surface area contributed by atoms with Gasteiger partial charge in [0.05, 0.1) is 10.9 Å². The number of fused-ring (bicyclic) bond motifs is 1. The van der Waals surface area contributed by atoms with Gasteiger partial charge in [0.25, 0.3) is 0 Å². The van der Waals surface area contributed by atoms with Gasteiger partial charge >= 0.3 is 0 Å². The topological polar surface area (TPSA) is 50.4 Å². The zero-order chi connectivity index (χ0) is 14.1. The van der Waals surface area contributed by atoms with Gasteiger partial charge in [-0.3, -0.25) is 4.79 Å².